The summed E-state index contributed by atoms with van der Waals surface area (Å²) in [5.74, 6) is 0. The second-order valence-electron chi connectivity index (χ2n) is 1.61. The maximum Gasteiger partial charge on any atom is 0.113 e. The molecule has 0 saturated heterocycles. The van der Waals surface area contributed by atoms with Crippen molar-refractivity contribution in [2.75, 3.05) is 40.4 Å². The van der Waals surface area contributed by atoms with E-state index >= 15 is 0 Å². The first kappa shape index (κ1) is 18.5. The molecule has 0 aliphatic heterocycles. The van der Waals surface area contributed by atoms with Crippen molar-refractivity contribution in [3.05, 3.63) is 0 Å². The van der Waals surface area contributed by atoms with Crippen LogP contribution in [0.4, 0.5) is 17.6 Å². The van der Waals surface area contributed by atoms with E-state index in [1.807, 2.05) is 0 Å². The maximum absolute atomic E-state index is 11.2. The van der Waals surface area contributed by atoms with Crippen LogP contribution in [0, 0.1) is 0 Å². The second kappa shape index (κ2) is 29.9. The van der Waals surface area contributed by atoms with Crippen LogP contribution in [0.25, 0.3) is 0 Å². The van der Waals surface area contributed by atoms with E-state index in [9.17, 15) is 17.6 Å². The number of hydrogen-bond acceptors (Lipinski definition) is 1. The first-order valence-electron chi connectivity index (χ1n) is 3.96. The lowest BCUT2D eigenvalue weighted by Gasteiger charge is -1.95. The highest BCUT2D eigenvalue weighted by atomic mass is 19.1. The van der Waals surface area contributed by atoms with Gasteiger partial charge in [-0.05, 0) is 13.3 Å². The van der Waals surface area contributed by atoms with Crippen molar-refractivity contribution in [3.8, 4) is 0 Å². The Bertz CT molecular complexity index is 49.4. The average Bonchev–Trinajstić information content (AvgIpc) is 2.17. The highest BCUT2D eigenvalue weighted by molar-refractivity contribution is 4.31. The zero-order valence-electron chi connectivity index (χ0n) is 8.16. The minimum atomic E-state index is -0.480. The van der Waals surface area contributed by atoms with Crippen molar-refractivity contribution in [1.29, 1.82) is 0 Å². The lowest BCUT2D eigenvalue weighted by atomic mass is 10.5. The summed E-state index contributed by atoms with van der Waals surface area (Å²) in [5.41, 5.74) is 0. The van der Waals surface area contributed by atoms with Gasteiger partial charge < -0.3 is 4.74 Å². The third-order valence-corrected chi connectivity index (χ3v) is 0.644. The zero-order chi connectivity index (χ0) is 10.9. The predicted octanol–water partition coefficient (Wildman–Crippen LogP) is 2.89. The largest absolute Gasteiger partial charge is 0.379 e. The topological polar surface area (TPSA) is 9.23 Å². The number of rotatable bonds is 5. The Morgan fingerprint density at radius 1 is 0.923 bits per heavy atom. The van der Waals surface area contributed by atoms with E-state index in [4.69, 9.17) is 0 Å². The summed E-state index contributed by atoms with van der Waals surface area (Å²) in [6.07, 6.45) is 0.375. The van der Waals surface area contributed by atoms with Crippen LogP contribution in [-0.4, -0.2) is 40.4 Å². The van der Waals surface area contributed by atoms with Crippen LogP contribution in [0.2, 0.25) is 0 Å². The summed E-state index contributed by atoms with van der Waals surface area (Å²) < 4.78 is 46.8. The van der Waals surface area contributed by atoms with Crippen LogP contribution < -0.4 is 0 Å². The van der Waals surface area contributed by atoms with Gasteiger partial charge in [0.2, 0.25) is 0 Å². The van der Waals surface area contributed by atoms with E-state index in [-0.39, 0.29) is 20.0 Å². The van der Waals surface area contributed by atoms with Crippen molar-refractivity contribution in [1.82, 2.24) is 0 Å². The molecule has 0 aromatic rings. The fraction of sp³-hybridized carbons (Fsp3) is 1.00. The van der Waals surface area contributed by atoms with Crippen LogP contribution in [0.3, 0.4) is 0 Å². The standard InChI is InChI=1S/C5H10F2O.C2H5F.CH3F/c6-2-1-4-8-5-3-7;1-2-3;1-2/h1-5H2;2H2,1H3;1H3. The van der Waals surface area contributed by atoms with Gasteiger partial charge >= 0.3 is 0 Å². The molecule has 0 unspecified atom stereocenters. The molecule has 0 heterocycles. The Balaban J connectivity index is -0.000000169. The van der Waals surface area contributed by atoms with Gasteiger partial charge in [0.15, 0.2) is 0 Å². The lowest BCUT2D eigenvalue weighted by molar-refractivity contribution is 0.112. The second-order valence-corrected chi connectivity index (χ2v) is 1.61. The Labute approximate surface area is 77.1 Å². The van der Waals surface area contributed by atoms with Crippen molar-refractivity contribution in [2.24, 2.45) is 0 Å². The van der Waals surface area contributed by atoms with Gasteiger partial charge in [0.05, 0.1) is 27.1 Å². The lowest BCUT2D eigenvalue weighted by Crippen LogP contribution is -1.98. The summed E-state index contributed by atoms with van der Waals surface area (Å²) in [5, 5.41) is 0. The Morgan fingerprint density at radius 2 is 1.38 bits per heavy atom. The van der Waals surface area contributed by atoms with Crippen molar-refractivity contribution in [3.63, 3.8) is 0 Å². The molecule has 0 fully saturated rings. The summed E-state index contributed by atoms with van der Waals surface area (Å²) in [6, 6.07) is 0. The minimum absolute atomic E-state index is 0.0972. The molecule has 0 N–H and O–H groups in total. The maximum atomic E-state index is 11.2. The molecule has 0 aromatic carbocycles. The van der Waals surface area contributed by atoms with E-state index in [0.29, 0.717) is 20.2 Å². The zero-order valence-corrected chi connectivity index (χ0v) is 8.16. The van der Waals surface area contributed by atoms with E-state index in [1.54, 1.807) is 0 Å². The number of alkyl halides is 4. The molecule has 0 aliphatic rings. The van der Waals surface area contributed by atoms with E-state index in [2.05, 4.69) is 4.74 Å². The van der Waals surface area contributed by atoms with Crippen molar-refractivity contribution >= 4 is 0 Å². The Morgan fingerprint density at radius 3 is 1.69 bits per heavy atom. The molecule has 5 heteroatoms. The van der Waals surface area contributed by atoms with Gasteiger partial charge in [-0.25, -0.2) is 4.39 Å². The fourth-order valence-electron chi connectivity index (χ4n) is 0.313. The van der Waals surface area contributed by atoms with Crippen molar-refractivity contribution < 1.29 is 22.3 Å². The highest BCUT2D eigenvalue weighted by Gasteiger charge is 1.85. The third kappa shape index (κ3) is 50.0. The molecular formula is C8H18F4O. The minimum Gasteiger partial charge on any atom is -0.379 e. The molecule has 0 radical (unpaired) electrons. The molecule has 0 aliphatic carbocycles. The van der Waals surface area contributed by atoms with Crippen LogP contribution in [-0.2, 0) is 4.74 Å². The number of hydrogen-bond donors (Lipinski definition) is 0. The SMILES string of the molecule is CCF.CF.FCCCOCCF. The van der Waals surface area contributed by atoms with Gasteiger partial charge in [0.1, 0.15) is 6.67 Å². The molecule has 0 rings (SSSR count). The van der Waals surface area contributed by atoms with Gasteiger partial charge in [-0.1, -0.05) is 0 Å². The van der Waals surface area contributed by atoms with E-state index < -0.39 is 6.67 Å². The van der Waals surface area contributed by atoms with E-state index in [0.717, 1.165) is 0 Å². The van der Waals surface area contributed by atoms with Gasteiger partial charge in [0, 0.05) is 6.61 Å². The van der Waals surface area contributed by atoms with Crippen LogP contribution >= 0.6 is 0 Å². The monoisotopic (exact) mass is 206 g/mol. The summed E-state index contributed by atoms with van der Waals surface area (Å²) in [7, 11) is 0.500. The molecule has 0 bridgehead atoms. The molecule has 1 nitrogen and oxygen atoms in total. The quantitative estimate of drug-likeness (QED) is 0.496. The molecule has 0 amide bonds. The summed E-state index contributed by atoms with van der Waals surface area (Å²) >= 11 is 0. The van der Waals surface area contributed by atoms with Crippen LogP contribution in [0.1, 0.15) is 13.3 Å². The molecular weight excluding hydrogens is 188 g/mol. The fourth-order valence-corrected chi connectivity index (χ4v) is 0.313. The molecule has 0 spiro atoms. The molecule has 0 atom stereocenters. The van der Waals surface area contributed by atoms with Gasteiger partial charge in [-0.15, -0.1) is 0 Å². The predicted molar refractivity (Wildman–Crippen MR) is 46.1 cm³/mol. The molecule has 0 aromatic heterocycles. The normalized spacial score (nSPS) is 7.85. The van der Waals surface area contributed by atoms with Gasteiger partial charge in [-0.3, -0.25) is 13.2 Å². The highest BCUT2D eigenvalue weighted by Crippen LogP contribution is 1.82. The van der Waals surface area contributed by atoms with Gasteiger partial charge in [-0.2, -0.15) is 0 Å². The molecule has 84 valence electrons. The Kier molecular flexibility index (Phi) is 42.4. The first-order chi connectivity index (χ1) is 6.33. The first-order valence-corrected chi connectivity index (χ1v) is 3.96. The third-order valence-electron chi connectivity index (χ3n) is 0.644. The number of halogens is 4. The molecule has 0 saturated carbocycles. The van der Waals surface area contributed by atoms with Crippen LogP contribution in [0.5, 0.6) is 0 Å². The summed E-state index contributed by atoms with van der Waals surface area (Å²) in [6.45, 7) is 0.777. The number of ether oxygens (including phenoxy) is 1. The molecule has 13 heavy (non-hydrogen) atoms. The summed E-state index contributed by atoms with van der Waals surface area (Å²) in [4.78, 5) is 0. The van der Waals surface area contributed by atoms with Crippen molar-refractivity contribution in [2.45, 2.75) is 13.3 Å². The Hall–Kier alpha value is -0.320. The van der Waals surface area contributed by atoms with Gasteiger partial charge in [0.25, 0.3) is 0 Å². The van der Waals surface area contributed by atoms with E-state index in [1.165, 1.54) is 6.92 Å². The van der Waals surface area contributed by atoms with Crippen LogP contribution in [0.15, 0.2) is 0 Å². The average molecular weight is 206 g/mol. The smallest absolute Gasteiger partial charge is 0.113 e.